The maximum Gasteiger partial charge on any atom is 0.259 e. The molecule has 2 aromatic rings. The highest BCUT2D eigenvalue weighted by Crippen LogP contribution is 2.32. The van der Waals surface area contributed by atoms with Crippen molar-refractivity contribution in [3.8, 4) is 5.75 Å². The van der Waals surface area contributed by atoms with Gasteiger partial charge in [0, 0.05) is 16.7 Å². The second-order valence-electron chi connectivity index (χ2n) is 4.63. The van der Waals surface area contributed by atoms with Crippen LogP contribution in [0.4, 0.5) is 5.69 Å². The van der Waals surface area contributed by atoms with Gasteiger partial charge in [0.2, 0.25) is 0 Å². The summed E-state index contributed by atoms with van der Waals surface area (Å²) in [4.78, 5) is 18.5. The Bertz CT molecular complexity index is 673. The van der Waals surface area contributed by atoms with Gasteiger partial charge >= 0.3 is 0 Å². The molecule has 3 rings (SSSR count). The largest absolute Gasteiger partial charge is 0.489 e. The van der Waals surface area contributed by atoms with Gasteiger partial charge in [-0.15, -0.1) is 0 Å². The number of anilines is 1. The molecule has 2 heterocycles. The van der Waals surface area contributed by atoms with Crippen LogP contribution in [0.1, 0.15) is 15.9 Å². The Morgan fingerprint density at radius 3 is 3.05 bits per heavy atom. The average Bonchev–Trinajstić information content (AvgIpc) is 2.46. The van der Waals surface area contributed by atoms with Crippen LogP contribution >= 0.6 is 15.9 Å². The van der Waals surface area contributed by atoms with E-state index in [1.54, 1.807) is 23.4 Å². The molecule has 0 fully saturated rings. The zero-order chi connectivity index (χ0) is 14.1. The molecule has 0 unspecified atom stereocenters. The lowest BCUT2D eigenvalue weighted by Gasteiger charge is -2.29. The summed E-state index contributed by atoms with van der Waals surface area (Å²) in [6.07, 6.45) is 3.32. The van der Waals surface area contributed by atoms with Gasteiger partial charge in [0.1, 0.15) is 18.0 Å². The predicted molar refractivity (Wildman–Crippen MR) is 80.3 cm³/mol. The van der Waals surface area contributed by atoms with E-state index in [2.05, 4.69) is 20.9 Å². The van der Waals surface area contributed by atoms with Crippen LogP contribution in [0.25, 0.3) is 0 Å². The van der Waals surface area contributed by atoms with Crippen molar-refractivity contribution in [3.05, 3.63) is 52.3 Å². The van der Waals surface area contributed by atoms with E-state index in [0.717, 1.165) is 15.7 Å². The standard InChI is InChI=1S/C15H13BrN2O2/c1-10-2-3-11(12(16)8-10)15(19)18-6-7-20-14-4-5-17-9-13(14)18/h2-5,8-9H,6-7H2,1H3. The number of halogens is 1. The number of fused-ring (bicyclic) bond motifs is 1. The fourth-order valence-electron chi connectivity index (χ4n) is 2.22. The van der Waals surface area contributed by atoms with E-state index in [9.17, 15) is 4.79 Å². The second kappa shape index (κ2) is 5.25. The molecular formula is C15H13BrN2O2. The zero-order valence-electron chi connectivity index (χ0n) is 11.0. The fraction of sp³-hybridized carbons (Fsp3) is 0.200. The highest BCUT2D eigenvalue weighted by atomic mass is 79.9. The van der Waals surface area contributed by atoms with Gasteiger partial charge in [0.05, 0.1) is 18.3 Å². The first-order valence-electron chi connectivity index (χ1n) is 6.31. The molecule has 1 aliphatic rings. The van der Waals surface area contributed by atoms with Gasteiger partial charge in [-0.3, -0.25) is 9.78 Å². The van der Waals surface area contributed by atoms with Gasteiger partial charge in [0.25, 0.3) is 5.91 Å². The monoisotopic (exact) mass is 332 g/mol. The van der Waals surface area contributed by atoms with Crippen LogP contribution in [-0.4, -0.2) is 24.0 Å². The van der Waals surface area contributed by atoms with Gasteiger partial charge in [-0.2, -0.15) is 0 Å². The summed E-state index contributed by atoms with van der Waals surface area (Å²) in [5, 5.41) is 0. The van der Waals surface area contributed by atoms with Crippen LogP contribution in [0.3, 0.4) is 0 Å². The van der Waals surface area contributed by atoms with Gasteiger partial charge in [-0.25, -0.2) is 0 Å². The van der Waals surface area contributed by atoms with E-state index in [1.807, 2.05) is 25.1 Å². The topological polar surface area (TPSA) is 42.4 Å². The number of benzene rings is 1. The first-order chi connectivity index (χ1) is 9.66. The van der Waals surface area contributed by atoms with Crippen molar-refractivity contribution in [3.63, 3.8) is 0 Å². The third-order valence-corrected chi connectivity index (χ3v) is 3.88. The zero-order valence-corrected chi connectivity index (χ0v) is 12.6. The first kappa shape index (κ1) is 13.1. The number of amides is 1. The first-order valence-corrected chi connectivity index (χ1v) is 7.11. The van der Waals surface area contributed by atoms with Gasteiger partial charge < -0.3 is 9.64 Å². The molecule has 0 saturated heterocycles. The van der Waals surface area contributed by atoms with E-state index in [0.29, 0.717) is 24.5 Å². The molecule has 1 aliphatic heterocycles. The van der Waals surface area contributed by atoms with Crippen molar-refractivity contribution in [2.24, 2.45) is 0 Å². The Hall–Kier alpha value is -1.88. The molecule has 0 aliphatic carbocycles. The van der Waals surface area contributed by atoms with Crippen molar-refractivity contribution >= 4 is 27.5 Å². The SMILES string of the molecule is Cc1ccc(C(=O)N2CCOc3ccncc32)c(Br)c1. The lowest BCUT2D eigenvalue weighted by molar-refractivity contribution is 0.0975. The summed E-state index contributed by atoms with van der Waals surface area (Å²) in [6, 6.07) is 7.49. The normalized spacial score (nSPS) is 13.6. The number of hydrogen-bond donors (Lipinski definition) is 0. The van der Waals surface area contributed by atoms with E-state index >= 15 is 0 Å². The van der Waals surface area contributed by atoms with Gasteiger partial charge in [-0.05, 0) is 40.5 Å². The Kier molecular flexibility index (Phi) is 3.44. The van der Waals surface area contributed by atoms with Crippen molar-refractivity contribution in [1.82, 2.24) is 4.98 Å². The minimum absolute atomic E-state index is 0.0468. The molecule has 1 amide bonds. The van der Waals surface area contributed by atoms with Crippen molar-refractivity contribution in [1.29, 1.82) is 0 Å². The third-order valence-electron chi connectivity index (χ3n) is 3.22. The molecule has 1 aromatic carbocycles. The molecular weight excluding hydrogens is 320 g/mol. The summed E-state index contributed by atoms with van der Waals surface area (Å²) in [5.74, 6) is 0.650. The van der Waals surface area contributed by atoms with Crippen LogP contribution in [0.2, 0.25) is 0 Å². The Morgan fingerprint density at radius 2 is 2.25 bits per heavy atom. The Labute approximate surface area is 125 Å². The number of ether oxygens (including phenoxy) is 1. The minimum atomic E-state index is -0.0468. The number of carbonyl (C=O) groups is 1. The molecule has 0 spiro atoms. The summed E-state index contributed by atoms with van der Waals surface area (Å²) < 4.78 is 6.35. The van der Waals surface area contributed by atoms with Crippen molar-refractivity contribution in [2.45, 2.75) is 6.92 Å². The lowest BCUT2D eigenvalue weighted by Crippen LogP contribution is -2.38. The van der Waals surface area contributed by atoms with E-state index in [-0.39, 0.29) is 5.91 Å². The average molecular weight is 333 g/mol. The molecule has 0 radical (unpaired) electrons. The molecule has 0 bridgehead atoms. The van der Waals surface area contributed by atoms with Crippen LogP contribution in [0.5, 0.6) is 5.75 Å². The summed E-state index contributed by atoms with van der Waals surface area (Å²) >= 11 is 3.46. The molecule has 0 atom stereocenters. The summed E-state index contributed by atoms with van der Waals surface area (Å²) in [6.45, 7) is 3.01. The van der Waals surface area contributed by atoms with Crippen molar-refractivity contribution < 1.29 is 9.53 Å². The number of hydrogen-bond acceptors (Lipinski definition) is 3. The molecule has 0 saturated carbocycles. The number of aromatic nitrogens is 1. The molecule has 0 N–H and O–H groups in total. The smallest absolute Gasteiger partial charge is 0.259 e. The maximum absolute atomic E-state index is 12.7. The van der Waals surface area contributed by atoms with Crippen molar-refractivity contribution in [2.75, 3.05) is 18.1 Å². The number of aryl methyl sites for hydroxylation is 1. The number of carbonyl (C=O) groups excluding carboxylic acids is 1. The van der Waals surface area contributed by atoms with E-state index < -0.39 is 0 Å². The molecule has 5 heteroatoms. The number of pyridine rings is 1. The maximum atomic E-state index is 12.7. The van der Waals surface area contributed by atoms with Crippen LogP contribution in [0, 0.1) is 6.92 Å². The fourth-order valence-corrected chi connectivity index (χ4v) is 2.88. The summed E-state index contributed by atoms with van der Waals surface area (Å²) in [7, 11) is 0. The van der Waals surface area contributed by atoms with Crippen LogP contribution in [0.15, 0.2) is 41.1 Å². The quantitative estimate of drug-likeness (QED) is 0.805. The Morgan fingerprint density at radius 1 is 1.40 bits per heavy atom. The molecule has 102 valence electrons. The van der Waals surface area contributed by atoms with Gasteiger partial charge in [0.15, 0.2) is 0 Å². The lowest BCUT2D eigenvalue weighted by atomic mass is 10.1. The van der Waals surface area contributed by atoms with Crippen LogP contribution < -0.4 is 9.64 Å². The minimum Gasteiger partial charge on any atom is -0.489 e. The summed E-state index contributed by atoms with van der Waals surface area (Å²) in [5.41, 5.74) is 2.47. The second-order valence-corrected chi connectivity index (χ2v) is 5.49. The highest BCUT2D eigenvalue weighted by Gasteiger charge is 2.25. The van der Waals surface area contributed by atoms with E-state index in [4.69, 9.17) is 4.74 Å². The third kappa shape index (κ3) is 2.29. The highest BCUT2D eigenvalue weighted by molar-refractivity contribution is 9.10. The molecule has 4 nitrogen and oxygen atoms in total. The molecule has 20 heavy (non-hydrogen) atoms. The molecule has 1 aromatic heterocycles. The predicted octanol–water partition coefficient (Wildman–Crippen LogP) is 3.19. The Balaban J connectivity index is 2.00. The van der Waals surface area contributed by atoms with Gasteiger partial charge in [-0.1, -0.05) is 6.07 Å². The number of nitrogens with zero attached hydrogens (tertiary/aromatic N) is 2. The number of rotatable bonds is 1. The van der Waals surface area contributed by atoms with Crippen LogP contribution in [-0.2, 0) is 0 Å². The van der Waals surface area contributed by atoms with E-state index in [1.165, 1.54) is 0 Å².